The lowest BCUT2D eigenvalue weighted by Gasteiger charge is -2.32. The molecule has 2 heterocycles. The van der Waals surface area contributed by atoms with Crippen molar-refractivity contribution in [3.8, 4) is 6.07 Å². The lowest BCUT2D eigenvalue weighted by Crippen LogP contribution is -2.30. The van der Waals surface area contributed by atoms with Gasteiger partial charge in [-0.3, -0.25) is 0 Å². The Bertz CT molecular complexity index is 747. The normalized spacial score (nSPS) is 20.7. The molecular weight excluding hydrogens is 340 g/mol. The maximum atomic E-state index is 12.6. The van der Waals surface area contributed by atoms with Crippen LogP contribution in [0.25, 0.3) is 0 Å². The van der Waals surface area contributed by atoms with Gasteiger partial charge in [-0.05, 0) is 37.5 Å². The molecule has 1 aromatic rings. The highest BCUT2D eigenvalue weighted by Crippen LogP contribution is 2.42. The van der Waals surface area contributed by atoms with Gasteiger partial charge in [0, 0.05) is 16.7 Å². The number of allylic oxidation sites excluding steroid dienone is 2. The molecule has 0 amide bonds. The predicted molar refractivity (Wildman–Crippen MR) is 79.8 cm³/mol. The standard InChI is InChI=1S/C14H13BrN2O2S/c15-10-5-6-13-12(8-10)17-7-3-1-2-4-11(17)14(9-16)20(13,18)19/h5-6,8H,1-4,7H2. The van der Waals surface area contributed by atoms with Gasteiger partial charge in [0.2, 0.25) is 9.84 Å². The molecule has 0 N–H and O–H groups in total. The zero-order chi connectivity index (χ0) is 14.3. The summed E-state index contributed by atoms with van der Waals surface area (Å²) in [6, 6.07) is 7.02. The summed E-state index contributed by atoms with van der Waals surface area (Å²) < 4.78 is 26.0. The van der Waals surface area contributed by atoms with Crippen LogP contribution in [0, 0.1) is 11.3 Å². The molecule has 0 saturated carbocycles. The van der Waals surface area contributed by atoms with Crippen molar-refractivity contribution < 1.29 is 8.42 Å². The highest BCUT2D eigenvalue weighted by molar-refractivity contribution is 9.10. The van der Waals surface area contributed by atoms with Crippen molar-refractivity contribution in [2.24, 2.45) is 0 Å². The fourth-order valence-corrected chi connectivity index (χ4v) is 4.73. The molecule has 3 rings (SSSR count). The van der Waals surface area contributed by atoms with Crippen LogP contribution in [-0.2, 0) is 9.84 Å². The molecule has 20 heavy (non-hydrogen) atoms. The van der Waals surface area contributed by atoms with E-state index in [1.165, 1.54) is 0 Å². The molecule has 0 unspecified atom stereocenters. The van der Waals surface area contributed by atoms with Crippen molar-refractivity contribution >= 4 is 31.5 Å². The van der Waals surface area contributed by atoms with Gasteiger partial charge >= 0.3 is 0 Å². The third-order valence-corrected chi connectivity index (χ3v) is 6.04. The van der Waals surface area contributed by atoms with Crippen molar-refractivity contribution in [1.29, 1.82) is 5.26 Å². The first-order valence-electron chi connectivity index (χ1n) is 6.51. The molecule has 2 aliphatic heterocycles. The SMILES string of the molecule is N#CC1=C2CCCCCN2c2cc(Br)ccc2S1(=O)=O. The van der Waals surface area contributed by atoms with Crippen molar-refractivity contribution in [2.75, 3.05) is 11.4 Å². The van der Waals surface area contributed by atoms with E-state index in [9.17, 15) is 13.7 Å². The van der Waals surface area contributed by atoms with Crippen LogP contribution in [0.1, 0.15) is 25.7 Å². The van der Waals surface area contributed by atoms with Crippen LogP contribution < -0.4 is 4.90 Å². The minimum atomic E-state index is -3.68. The van der Waals surface area contributed by atoms with Gasteiger partial charge in [0.1, 0.15) is 6.07 Å². The lowest BCUT2D eigenvalue weighted by atomic mass is 10.2. The zero-order valence-electron chi connectivity index (χ0n) is 10.8. The van der Waals surface area contributed by atoms with Crippen LogP contribution in [-0.4, -0.2) is 15.0 Å². The Kier molecular flexibility index (Phi) is 3.35. The molecule has 0 aromatic heterocycles. The van der Waals surface area contributed by atoms with Crippen molar-refractivity contribution in [3.63, 3.8) is 0 Å². The number of rotatable bonds is 0. The number of anilines is 1. The van der Waals surface area contributed by atoms with Crippen LogP contribution in [0.15, 0.2) is 38.2 Å². The van der Waals surface area contributed by atoms with Crippen molar-refractivity contribution in [2.45, 2.75) is 30.6 Å². The summed E-state index contributed by atoms with van der Waals surface area (Å²) in [5, 5.41) is 9.31. The zero-order valence-corrected chi connectivity index (χ0v) is 13.2. The number of fused-ring (bicyclic) bond motifs is 3. The molecule has 0 bridgehead atoms. The van der Waals surface area contributed by atoms with Gasteiger partial charge in [-0.2, -0.15) is 5.26 Å². The van der Waals surface area contributed by atoms with E-state index in [1.54, 1.807) is 12.1 Å². The van der Waals surface area contributed by atoms with E-state index < -0.39 is 9.84 Å². The Labute approximate surface area is 126 Å². The number of hydrogen-bond acceptors (Lipinski definition) is 4. The fourth-order valence-electron chi connectivity index (χ4n) is 2.83. The second-order valence-corrected chi connectivity index (χ2v) is 7.74. The summed E-state index contributed by atoms with van der Waals surface area (Å²) in [6.07, 6.45) is 3.64. The third kappa shape index (κ3) is 1.97. The molecular formula is C14H13BrN2O2S. The van der Waals surface area contributed by atoms with Crippen LogP contribution in [0.5, 0.6) is 0 Å². The van der Waals surface area contributed by atoms with Crippen molar-refractivity contribution in [3.05, 3.63) is 33.3 Å². The molecule has 0 atom stereocenters. The summed E-state index contributed by atoms with van der Waals surface area (Å²) in [5.74, 6) is 0. The molecule has 4 nitrogen and oxygen atoms in total. The van der Waals surface area contributed by atoms with Crippen LogP contribution in [0.3, 0.4) is 0 Å². The number of hydrogen-bond donors (Lipinski definition) is 0. The highest BCUT2D eigenvalue weighted by Gasteiger charge is 2.36. The van der Waals surface area contributed by atoms with Gasteiger partial charge in [0.15, 0.2) is 4.91 Å². The maximum Gasteiger partial charge on any atom is 0.220 e. The second kappa shape index (κ2) is 4.90. The molecule has 1 fully saturated rings. The Morgan fingerprint density at radius 2 is 2.05 bits per heavy atom. The minimum Gasteiger partial charge on any atom is -0.342 e. The average molecular weight is 353 g/mol. The monoisotopic (exact) mass is 352 g/mol. The van der Waals surface area contributed by atoms with Crippen LogP contribution in [0.4, 0.5) is 5.69 Å². The smallest absolute Gasteiger partial charge is 0.220 e. The van der Waals surface area contributed by atoms with Crippen LogP contribution >= 0.6 is 15.9 Å². The molecule has 1 aromatic carbocycles. The molecule has 2 aliphatic rings. The van der Waals surface area contributed by atoms with E-state index in [4.69, 9.17) is 0 Å². The first kappa shape index (κ1) is 13.7. The highest BCUT2D eigenvalue weighted by atomic mass is 79.9. The summed E-state index contributed by atoms with van der Waals surface area (Å²) >= 11 is 3.39. The molecule has 0 radical (unpaired) electrons. The fraction of sp³-hybridized carbons (Fsp3) is 0.357. The van der Waals surface area contributed by atoms with Crippen molar-refractivity contribution in [1.82, 2.24) is 0 Å². The Morgan fingerprint density at radius 1 is 1.25 bits per heavy atom. The summed E-state index contributed by atoms with van der Waals surface area (Å²) in [6.45, 7) is 0.763. The second-order valence-electron chi connectivity index (χ2n) is 4.97. The van der Waals surface area contributed by atoms with E-state index in [1.807, 2.05) is 17.0 Å². The van der Waals surface area contributed by atoms with E-state index in [0.717, 1.165) is 30.3 Å². The van der Waals surface area contributed by atoms with E-state index >= 15 is 0 Å². The number of nitrogens with zero attached hydrogens (tertiary/aromatic N) is 2. The van der Waals surface area contributed by atoms with E-state index in [-0.39, 0.29) is 9.80 Å². The van der Waals surface area contributed by atoms with Crippen LogP contribution in [0.2, 0.25) is 0 Å². The van der Waals surface area contributed by atoms with Gasteiger partial charge in [0.05, 0.1) is 10.6 Å². The van der Waals surface area contributed by atoms with Gasteiger partial charge in [-0.25, -0.2) is 8.42 Å². The van der Waals surface area contributed by atoms with E-state index in [2.05, 4.69) is 15.9 Å². The Morgan fingerprint density at radius 3 is 2.80 bits per heavy atom. The number of halogens is 1. The lowest BCUT2D eigenvalue weighted by molar-refractivity contribution is 0.600. The summed E-state index contributed by atoms with van der Waals surface area (Å²) in [5.41, 5.74) is 1.35. The molecule has 104 valence electrons. The Balaban J connectivity index is 2.33. The number of benzene rings is 1. The number of nitriles is 1. The number of sulfone groups is 1. The summed E-state index contributed by atoms with van der Waals surface area (Å²) in [7, 11) is -3.68. The minimum absolute atomic E-state index is 0.0748. The largest absolute Gasteiger partial charge is 0.342 e. The van der Waals surface area contributed by atoms with E-state index in [0.29, 0.717) is 17.8 Å². The molecule has 0 spiro atoms. The quantitative estimate of drug-likeness (QED) is 0.718. The predicted octanol–water partition coefficient (Wildman–Crippen LogP) is 3.35. The summed E-state index contributed by atoms with van der Waals surface area (Å²) in [4.78, 5) is 2.17. The molecule has 0 aliphatic carbocycles. The average Bonchev–Trinajstić information content (AvgIpc) is 2.64. The third-order valence-electron chi connectivity index (χ3n) is 3.75. The first-order valence-corrected chi connectivity index (χ1v) is 8.79. The van der Waals surface area contributed by atoms with Gasteiger partial charge in [-0.15, -0.1) is 0 Å². The van der Waals surface area contributed by atoms with Gasteiger partial charge < -0.3 is 4.90 Å². The molecule has 6 heteroatoms. The topological polar surface area (TPSA) is 61.2 Å². The maximum absolute atomic E-state index is 12.6. The molecule has 1 saturated heterocycles. The van der Waals surface area contributed by atoms with Gasteiger partial charge in [0.25, 0.3) is 0 Å². The van der Waals surface area contributed by atoms with Gasteiger partial charge in [-0.1, -0.05) is 22.4 Å². The first-order chi connectivity index (χ1) is 9.55. The Hall–Kier alpha value is -1.32.